The number of fused-ring (bicyclic) bond motifs is 1. The maximum absolute atomic E-state index is 6.02. The van der Waals surface area contributed by atoms with Crippen molar-refractivity contribution in [3.63, 3.8) is 0 Å². The molecule has 1 aliphatic rings. The topological polar surface area (TPSA) is 43.1 Å². The highest BCUT2D eigenvalue weighted by molar-refractivity contribution is 6.29. The van der Waals surface area contributed by atoms with Crippen LogP contribution in [0.5, 0.6) is 0 Å². The number of nitrogens with zero attached hydrogens (tertiary/aromatic N) is 4. The van der Waals surface area contributed by atoms with E-state index in [9.17, 15) is 0 Å². The van der Waals surface area contributed by atoms with E-state index >= 15 is 0 Å². The van der Waals surface area contributed by atoms with E-state index in [1.807, 2.05) is 6.92 Å². The van der Waals surface area contributed by atoms with Crippen molar-refractivity contribution >= 4 is 17.4 Å². The van der Waals surface area contributed by atoms with Gasteiger partial charge in [0.2, 0.25) is 0 Å². The van der Waals surface area contributed by atoms with E-state index in [4.69, 9.17) is 11.6 Å². The number of aryl methyl sites for hydroxylation is 1. The minimum atomic E-state index is 0.535. The Kier molecular flexibility index (Phi) is 1.56. The predicted octanol–water partition coefficient (Wildman–Crippen LogP) is 1.96. The van der Waals surface area contributed by atoms with Gasteiger partial charge in [-0.3, -0.25) is 0 Å². The summed E-state index contributed by atoms with van der Waals surface area (Å²) in [6, 6.07) is 1.79. The fourth-order valence-corrected chi connectivity index (χ4v) is 1.74. The molecular weight excluding hydrogens is 200 g/mol. The molecule has 0 N–H and O–H groups in total. The van der Waals surface area contributed by atoms with E-state index in [2.05, 4.69) is 15.1 Å². The first kappa shape index (κ1) is 8.17. The van der Waals surface area contributed by atoms with Crippen LogP contribution < -0.4 is 0 Å². The molecule has 0 bridgehead atoms. The molecular formula is C9H9ClN4. The largest absolute Gasteiger partial charge is 0.254 e. The van der Waals surface area contributed by atoms with Crippen molar-refractivity contribution in [1.82, 2.24) is 19.6 Å². The molecule has 0 spiro atoms. The molecule has 3 rings (SSSR count). The molecule has 1 fully saturated rings. The van der Waals surface area contributed by atoms with Gasteiger partial charge in [0.15, 0.2) is 5.82 Å². The Morgan fingerprint density at radius 2 is 2.21 bits per heavy atom. The van der Waals surface area contributed by atoms with Crippen LogP contribution in [-0.4, -0.2) is 19.6 Å². The smallest absolute Gasteiger partial charge is 0.216 e. The molecule has 4 nitrogen and oxygen atoms in total. The Hall–Kier alpha value is -1.16. The van der Waals surface area contributed by atoms with E-state index in [0.717, 1.165) is 11.5 Å². The van der Waals surface area contributed by atoms with Crippen molar-refractivity contribution in [3.8, 4) is 0 Å². The SMILES string of the molecule is Cc1cc(Cl)n2nc(C3CC3)nc2n1. The van der Waals surface area contributed by atoms with Crippen LogP contribution in [-0.2, 0) is 0 Å². The Bertz CT molecular complexity index is 501. The highest BCUT2D eigenvalue weighted by atomic mass is 35.5. The third-order valence-corrected chi connectivity index (χ3v) is 2.62. The molecule has 0 atom stereocenters. The molecule has 0 aliphatic heterocycles. The van der Waals surface area contributed by atoms with Crippen LogP contribution >= 0.6 is 11.6 Å². The first-order valence-corrected chi connectivity index (χ1v) is 5.01. The number of rotatable bonds is 1. The Labute approximate surface area is 85.9 Å². The Morgan fingerprint density at radius 3 is 2.93 bits per heavy atom. The molecule has 5 heteroatoms. The average Bonchev–Trinajstić information content (AvgIpc) is 2.87. The predicted molar refractivity (Wildman–Crippen MR) is 52.5 cm³/mol. The third-order valence-electron chi connectivity index (χ3n) is 2.36. The second kappa shape index (κ2) is 2.67. The minimum absolute atomic E-state index is 0.535. The standard InChI is InChI=1S/C9H9ClN4/c1-5-4-7(10)14-9(11-5)12-8(13-14)6-2-3-6/h4,6H,2-3H2,1H3. The first-order chi connectivity index (χ1) is 6.74. The number of hydrogen-bond acceptors (Lipinski definition) is 3. The van der Waals surface area contributed by atoms with Crippen LogP contribution in [0.15, 0.2) is 6.07 Å². The molecule has 0 saturated heterocycles. The van der Waals surface area contributed by atoms with Crippen LogP contribution in [0.2, 0.25) is 5.15 Å². The van der Waals surface area contributed by atoms with Gasteiger partial charge in [0.05, 0.1) is 0 Å². The van der Waals surface area contributed by atoms with Crippen molar-refractivity contribution in [3.05, 3.63) is 22.7 Å². The number of hydrogen-bond donors (Lipinski definition) is 0. The second-order valence-electron chi connectivity index (χ2n) is 3.68. The van der Waals surface area contributed by atoms with Crippen molar-refractivity contribution in [2.24, 2.45) is 0 Å². The summed E-state index contributed by atoms with van der Waals surface area (Å²) in [6.45, 7) is 1.90. The Morgan fingerprint density at radius 1 is 1.43 bits per heavy atom. The molecule has 0 radical (unpaired) electrons. The first-order valence-electron chi connectivity index (χ1n) is 4.64. The van der Waals surface area contributed by atoms with Gasteiger partial charge in [-0.25, -0.2) is 4.98 Å². The van der Waals surface area contributed by atoms with Gasteiger partial charge in [-0.05, 0) is 25.8 Å². The molecule has 2 heterocycles. The van der Waals surface area contributed by atoms with E-state index in [1.54, 1.807) is 10.6 Å². The molecule has 14 heavy (non-hydrogen) atoms. The molecule has 0 aromatic carbocycles. The summed E-state index contributed by atoms with van der Waals surface area (Å²) in [5.41, 5.74) is 0.872. The van der Waals surface area contributed by atoms with Crippen LogP contribution in [0, 0.1) is 6.92 Å². The van der Waals surface area contributed by atoms with Gasteiger partial charge in [0.1, 0.15) is 5.15 Å². The van der Waals surface area contributed by atoms with Gasteiger partial charge in [0.25, 0.3) is 5.78 Å². The molecule has 1 saturated carbocycles. The van der Waals surface area contributed by atoms with Crippen molar-refractivity contribution in [1.29, 1.82) is 0 Å². The third kappa shape index (κ3) is 1.18. The Balaban J connectivity index is 2.26. The van der Waals surface area contributed by atoms with E-state index in [-0.39, 0.29) is 0 Å². The van der Waals surface area contributed by atoms with Crippen LogP contribution in [0.1, 0.15) is 30.3 Å². The molecule has 0 unspecified atom stereocenters. The summed E-state index contributed by atoms with van der Waals surface area (Å²) in [5, 5.41) is 4.90. The molecule has 2 aromatic rings. The zero-order valence-corrected chi connectivity index (χ0v) is 8.49. The lowest BCUT2D eigenvalue weighted by Crippen LogP contribution is -1.94. The van der Waals surface area contributed by atoms with Gasteiger partial charge >= 0.3 is 0 Å². The van der Waals surface area contributed by atoms with Crippen LogP contribution in [0.25, 0.3) is 5.78 Å². The molecule has 72 valence electrons. The van der Waals surface area contributed by atoms with Crippen molar-refractivity contribution in [2.45, 2.75) is 25.7 Å². The van der Waals surface area contributed by atoms with E-state index < -0.39 is 0 Å². The van der Waals surface area contributed by atoms with Crippen molar-refractivity contribution in [2.75, 3.05) is 0 Å². The van der Waals surface area contributed by atoms with Gasteiger partial charge in [-0.1, -0.05) is 11.6 Å². The molecule has 0 amide bonds. The number of aromatic nitrogens is 4. The second-order valence-corrected chi connectivity index (χ2v) is 4.06. The quantitative estimate of drug-likeness (QED) is 0.673. The fraction of sp³-hybridized carbons (Fsp3) is 0.444. The summed E-state index contributed by atoms with van der Waals surface area (Å²) in [7, 11) is 0. The van der Waals surface area contributed by atoms with Crippen LogP contribution in [0.3, 0.4) is 0 Å². The minimum Gasteiger partial charge on any atom is -0.216 e. The lowest BCUT2D eigenvalue weighted by Gasteiger charge is -1.95. The zero-order valence-electron chi connectivity index (χ0n) is 7.74. The lowest BCUT2D eigenvalue weighted by atomic mass is 10.4. The summed E-state index contributed by atoms with van der Waals surface area (Å²) >= 11 is 6.02. The summed E-state index contributed by atoms with van der Waals surface area (Å²) in [6.07, 6.45) is 2.38. The monoisotopic (exact) mass is 208 g/mol. The molecule has 1 aliphatic carbocycles. The van der Waals surface area contributed by atoms with E-state index in [0.29, 0.717) is 16.8 Å². The van der Waals surface area contributed by atoms with Gasteiger partial charge in [-0.2, -0.15) is 9.50 Å². The van der Waals surface area contributed by atoms with Gasteiger partial charge < -0.3 is 0 Å². The summed E-state index contributed by atoms with van der Waals surface area (Å²) in [4.78, 5) is 8.62. The lowest BCUT2D eigenvalue weighted by molar-refractivity contribution is 0.870. The maximum Gasteiger partial charge on any atom is 0.254 e. The maximum atomic E-state index is 6.02. The highest BCUT2D eigenvalue weighted by Gasteiger charge is 2.28. The zero-order chi connectivity index (χ0) is 9.71. The number of halogens is 1. The normalized spacial score (nSPS) is 16.4. The fourth-order valence-electron chi connectivity index (χ4n) is 1.47. The average molecular weight is 209 g/mol. The van der Waals surface area contributed by atoms with Gasteiger partial charge in [0, 0.05) is 11.6 Å². The van der Waals surface area contributed by atoms with Gasteiger partial charge in [-0.15, -0.1) is 5.10 Å². The van der Waals surface area contributed by atoms with Crippen molar-refractivity contribution < 1.29 is 0 Å². The molecule has 2 aromatic heterocycles. The van der Waals surface area contributed by atoms with E-state index in [1.165, 1.54) is 12.8 Å². The summed E-state index contributed by atoms with van der Waals surface area (Å²) in [5.74, 6) is 2.02. The highest BCUT2D eigenvalue weighted by Crippen LogP contribution is 2.38. The van der Waals surface area contributed by atoms with Crippen LogP contribution in [0.4, 0.5) is 0 Å². The summed E-state index contributed by atoms with van der Waals surface area (Å²) < 4.78 is 1.60.